The largest absolute Gasteiger partial charge is 0.444 e. The number of aryl methyl sites for hydroxylation is 2. The number of fused-ring (bicyclic) bond motifs is 1. The molecule has 0 spiro atoms. The van der Waals surface area contributed by atoms with Gasteiger partial charge in [0.25, 0.3) is 10.0 Å². The lowest BCUT2D eigenvalue weighted by atomic mass is 10.0. The predicted octanol–water partition coefficient (Wildman–Crippen LogP) is 2.04. The number of piperidine rings is 1. The summed E-state index contributed by atoms with van der Waals surface area (Å²) < 4.78 is 34.1. The maximum Gasteiger partial charge on any atom is 0.414 e. The first-order valence-corrected chi connectivity index (χ1v) is 10.4. The summed E-state index contributed by atoms with van der Waals surface area (Å²) in [6.45, 7) is 2.73. The average molecular weight is 390 g/mol. The first-order valence-electron chi connectivity index (χ1n) is 8.92. The van der Waals surface area contributed by atoms with Crippen LogP contribution in [-0.4, -0.2) is 47.5 Å². The minimum absolute atomic E-state index is 0.0728. The van der Waals surface area contributed by atoms with E-state index in [1.54, 1.807) is 23.4 Å². The molecule has 1 amide bonds. The first kappa shape index (κ1) is 18.0. The quantitative estimate of drug-likeness (QED) is 0.801. The molecular formula is C18H22N4O4S. The van der Waals surface area contributed by atoms with Crippen molar-refractivity contribution in [2.75, 3.05) is 18.0 Å². The SMILES string of the molecule is Cc1nc(S(=O)(=O)N2CCC(N3C(=O)OCc4ccccc43)CC2)cn1C. The molecule has 2 aliphatic rings. The van der Waals surface area contributed by atoms with Crippen LogP contribution < -0.4 is 4.90 Å². The summed E-state index contributed by atoms with van der Waals surface area (Å²) in [5, 5.41) is 0.0728. The second kappa shape index (κ2) is 6.65. The van der Waals surface area contributed by atoms with Crippen LogP contribution in [0.3, 0.4) is 0 Å². The molecule has 0 atom stereocenters. The van der Waals surface area contributed by atoms with Gasteiger partial charge in [-0.1, -0.05) is 18.2 Å². The van der Waals surface area contributed by atoms with Gasteiger partial charge in [0.15, 0.2) is 5.03 Å². The molecule has 0 unspecified atom stereocenters. The monoisotopic (exact) mass is 390 g/mol. The average Bonchev–Trinajstić information content (AvgIpc) is 3.01. The predicted molar refractivity (Wildman–Crippen MR) is 98.8 cm³/mol. The van der Waals surface area contributed by atoms with Crippen molar-refractivity contribution in [3.8, 4) is 0 Å². The van der Waals surface area contributed by atoms with Crippen LogP contribution in [0.4, 0.5) is 10.5 Å². The van der Waals surface area contributed by atoms with Crippen molar-refractivity contribution in [1.82, 2.24) is 13.9 Å². The van der Waals surface area contributed by atoms with Crippen molar-refractivity contribution >= 4 is 21.8 Å². The molecule has 1 aromatic heterocycles. The van der Waals surface area contributed by atoms with E-state index in [1.165, 1.54) is 10.5 Å². The van der Waals surface area contributed by atoms with Crippen molar-refractivity contribution in [2.24, 2.45) is 7.05 Å². The molecule has 1 aromatic carbocycles. The van der Waals surface area contributed by atoms with Crippen molar-refractivity contribution < 1.29 is 17.9 Å². The molecule has 2 aliphatic heterocycles. The van der Waals surface area contributed by atoms with Crippen LogP contribution in [-0.2, 0) is 28.4 Å². The number of amides is 1. The maximum atomic E-state index is 12.8. The minimum atomic E-state index is -3.63. The molecule has 144 valence electrons. The molecule has 0 aliphatic carbocycles. The molecular weight excluding hydrogens is 368 g/mol. The lowest BCUT2D eigenvalue weighted by Crippen LogP contribution is -2.50. The Balaban J connectivity index is 1.52. The van der Waals surface area contributed by atoms with Gasteiger partial charge in [-0.05, 0) is 25.8 Å². The number of carbonyl (C=O) groups is 1. The fourth-order valence-corrected chi connectivity index (χ4v) is 5.14. The van der Waals surface area contributed by atoms with Crippen LogP contribution in [0.1, 0.15) is 24.2 Å². The van der Waals surface area contributed by atoms with Gasteiger partial charge in [0.05, 0.1) is 5.69 Å². The van der Waals surface area contributed by atoms with Crippen LogP contribution in [0, 0.1) is 6.92 Å². The summed E-state index contributed by atoms with van der Waals surface area (Å²) in [5.41, 5.74) is 1.83. The van der Waals surface area contributed by atoms with E-state index < -0.39 is 10.0 Å². The number of sulfonamides is 1. The molecule has 0 radical (unpaired) electrons. The number of rotatable bonds is 3. The highest BCUT2D eigenvalue weighted by atomic mass is 32.2. The number of ether oxygens (including phenoxy) is 1. The number of carbonyl (C=O) groups excluding carboxylic acids is 1. The Morgan fingerprint density at radius 1 is 1.19 bits per heavy atom. The molecule has 0 saturated carbocycles. The number of nitrogens with zero attached hydrogens (tertiary/aromatic N) is 4. The fourth-order valence-electron chi connectivity index (χ4n) is 3.64. The summed E-state index contributed by atoms with van der Waals surface area (Å²) in [6.07, 6.45) is 2.27. The molecule has 0 N–H and O–H groups in total. The number of aromatic nitrogens is 2. The Labute approximate surface area is 158 Å². The number of anilines is 1. The Bertz CT molecular complexity index is 957. The van der Waals surface area contributed by atoms with Crippen molar-refractivity contribution in [3.63, 3.8) is 0 Å². The number of hydrogen-bond acceptors (Lipinski definition) is 5. The van der Waals surface area contributed by atoms with Gasteiger partial charge < -0.3 is 9.30 Å². The van der Waals surface area contributed by atoms with E-state index in [9.17, 15) is 13.2 Å². The third-order valence-electron chi connectivity index (χ3n) is 5.28. The number of imidazole rings is 1. The van der Waals surface area contributed by atoms with E-state index in [0.717, 1.165) is 11.3 Å². The number of para-hydroxylation sites is 1. The highest BCUT2D eigenvalue weighted by Crippen LogP contribution is 2.32. The van der Waals surface area contributed by atoms with Crippen molar-refractivity contribution in [1.29, 1.82) is 0 Å². The van der Waals surface area contributed by atoms with Gasteiger partial charge in [-0.3, -0.25) is 4.90 Å². The van der Waals surface area contributed by atoms with Gasteiger partial charge in [-0.2, -0.15) is 4.31 Å². The Hall–Kier alpha value is -2.39. The highest BCUT2D eigenvalue weighted by molar-refractivity contribution is 7.89. The van der Waals surface area contributed by atoms with E-state index in [4.69, 9.17) is 4.74 Å². The summed E-state index contributed by atoms with van der Waals surface area (Å²) >= 11 is 0. The van der Waals surface area contributed by atoms with E-state index >= 15 is 0 Å². The molecule has 2 aromatic rings. The minimum Gasteiger partial charge on any atom is -0.444 e. The lowest BCUT2D eigenvalue weighted by molar-refractivity contribution is 0.136. The summed E-state index contributed by atoms with van der Waals surface area (Å²) in [7, 11) is -1.85. The van der Waals surface area contributed by atoms with E-state index in [2.05, 4.69) is 4.98 Å². The third-order valence-corrected chi connectivity index (χ3v) is 7.05. The van der Waals surface area contributed by atoms with Gasteiger partial charge in [-0.15, -0.1) is 0 Å². The van der Waals surface area contributed by atoms with E-state index in [1.807, 2.05) is 24.3 Å². The number of cyclic esters (lactones) is 1. The van der Waals surface area contributed by atoms with E-state index in [-0.39, 0.29) is 23.8 Å². The van der Waals surface area contributed by atoms with Crippen LogP contribution in [0.5, 0.6) is 0 Å². The zero-order chi connectivity index (χ0) is 19.2. The smallest absolute Gasteiger partial charge is 0.414 e. The van der Waals surface area contributed by atoms with Gasteiger partial charge in [0, 0.05) is 37.9 Å². The molecule has 4 rings (SSSR count). The number of hydrogen-bond donors (Lipinski definition) is 0. The highest BCUT2D eigenvalue weighted by Gasteiger charge is 2.37. The summed E-state index contributed by atoms with van der Waals surface area (Å²) in [6, 6.07) is 7.58. The van der Waals surface area contributed by atoms with Gasteiger partial charge in [0.1, 0.15) is 12.4 Å². The molecule has 3 heterocycles. The molecule has 27 heavy (non-hydrogen) atoms. The zero-order valence-corrected chi connectivity index (χ0v) is 16.1. The fraction of sp³-hybridized carbons (Fsp3) is 0.444. The molecule has 1 saturated heterocycles. The molecule has 9 heteroatoms. The van der Waals surface area contributed by atoms with E-state index in [0.29, 0.717) is 31.8 Å². The van der Waals surface area contributed by atoms with Gasteiger partial charge >= 0.3 is 6.09 Å². The Kier molecular flexibility index (Phi) is 4.43. The standard InChI is InChI=1S/C18H22N4O4S/c1-13-19-17(11-20(13)2)27(24,25)21-9-7-15(8-10-21)22-16-6-4-3-5-14(16)12-26-18(22)23/h3-6,11,15H,7-10,12H2,1-2H3. The normalized spacial score (nSPS) is 19.0. The Morgan fingerprint density at radius 3 is 2.56 bits per heavy atom. The molecule has 0 bridgehead atoms. The molecule has 8 nitrogen and oxygen atoms in total. The van der Waals surface area contributed by atoms with Crippen LogP contribution in [0.25, 0.3) is 0 Å². The zero-order valence-electron chi connectivity index (χ0n) is 15.3. The van der Waals surface area contributed by atoms with Crippen LogP contribution in [0.15, 0.2) is 35.5 Å². The number of benzene rings is 1. The van der Waals surface area contributed by atoms with Crippen LogP contribution in [0.2, 0.25) is 0 Å². The first-order chi connectivity index (χ1) is 12.9. The van der Waals surface area contributed by atoms with Gasteiger partial charge in [0.2, 0.25) is 0 Å². The lowest BCUT2D eigenvalue weighted by Gasteiger charge is -2.39. The second-order valence-electron chi connectivity index (χ2n) is 6.93. The van der Waals surface area contributed by atoms with Gasteiger partial charge in [-0.25, -0.2) is 18.2 Å². The summed E-state index contributed by atoms with van der Waals surface area (Å²) in [4.78, 5) is 18.2. The van der Waals surface area contributed by atoms with Crippen molar-refractivity contribution in [3.05, 3.63) is 41.9 Å². The topological polar surface area (TPSA) is 84.7 Å². The van der Waals surface area contributed by atoms with Crippen molar-refractivity contribution in [2.45, 2.75) is 37.4 Å². The maximum absolute atomic E-state index is 12.8. The van der Waals surface area contributed by atoms with Crippen LogP contribution >= 0.6 is 0 Å². The Morgan fingerprint density at radius 2 is 1.89 bits per heavy atom. The second-order valence-corrected chi connectivity index (χ2v) is 8.81. The summed E-state index contributed by atoms with van der Waals surface area (Å²) in [5.74, 6) is 0.649. The third kappa shape index (κ3) is 3.10. The molecule has 1 fully saturated rings.